The molecule has 0 N–H and O–H groups in total. The quantitative estimate of drug-likeness (QED) is 0.464. The summed E-state index contributed by atoms with van der Waals surface area (Å²) in [5.41, 5.74) is 4.82. The molecule has 5 rings (SSSR count). The topological polar surface area (TPSA) is 40.9 Å². The maximum Gasteiger partial charge on any atom is 0.253 e. The normalized spacial score (nSPS) is 15.1. The van der Waals surface area contributed by atoms with Crippen molar-refractivity contribution in [1.82, 2.24) is 19.2 Å². The molecule has 3 heterocycles. The first-order valence-corrected chi connectivity index (χ1v) is 11.1. The van der Waals surface area contributed by atoms with Crippen LogP contribution in [0.25, 0.3) is 27.5 Å². The summed E-state index contributed by atoms with van der Waals surface area (Å²) in [6, 6.07) is 15.6. The number of imidazole rings is 1. The number of fused-ring (bicyclic) bond motifs is 1. The van der Waals surface area contributed by atoms with Crippen molar-refractivity contribution in [2.75, 3.05) is 33.2 Å². The molecule has 4 aromatic rings. The standard InChI is InChI=1S/C23H21ClN4OS/c1-26-10-12-27(13-11-26)22(29)18-4-2-16(3-5-18)20-14-28-21(15-30-23(28)25-20)17-6-8-19(24)9-7-17/h2-9,14-15H,10-13H2,1H3. The highest BCUT2D eigenvalue weighted by Crippen LogP contribution is 2.30. The largest absolute Gasteiger partial charge is 0.336 e. The van der Waals surface area contributed by atoms with Gasteiger partial charge in [0.15, 0.2) is 4.96 Å². The number of hydrogen-bond donors (Lipinski definition) is 0. The van der Waals surface area contributed by atoms with Crippen molar-refractivity contribution in [3.63, 3.8) is 0 Å². The lowest BCUT2D eigenvalue weighted by molar-refractivity contribution is 0.0664. The Balaban J connectivity index is 1.39. The highest BCUT2D eigenvalue weighted by atomic mass is 35.5. The minimum Gasteiger partial charge on any atom is -0.336 e. The second-order valence-corrected chi connectivity index (χ2v) is 8.85. The first kappa shape index (κ1) is 19.3. The van der Waals surface area contributed by atoms with E-state index in [1.807, 2.05) is 59.6 Å². The fourth-order valence-corrected chi connectivity index (χ4v) is 4.74. The molecule has 2 aromatic heterocycles. The van der Waals surface area contributed by atoms with E-state index in [9.17, 15) is 4.79 Å². The lowest BCUT2D eigenvalue weighted by Crippen LogP contribution is -2.47. The molecule has 0 radical (unpaired) electrons. The number of carbonyl (C=O) groups is 1. The van der Waals surface area contributed by atoms with Gasteiger partial charge in [-0.1, -0.05) is 35.9 Å². The molecule has 1 fully saturated rings. The number of carbonyl (C=O) groups excluding carboxylic acids is 1. The van der Waals surface area contributed by atoms with E-state index in [1.54, 1.807) is 11.3 Å². The highest BCUT2D eigenvalue weighted by molar-refractivity contribution is 7.15. The summed E-state index contributed by atoms with van der Waals surface area (Å²) in [5, 5.41) is 2.83. The zero-order valence-corrected chi connectivity index (χ0v) is 18.2. The van der Waals surface area contributed by atoms with Crippen LogP contribution in [-0.4, -0.2) is 58.3 Å². The van der Waals surface area contributed by atoms with E-state index in [0.717, 1.165) is 64.2 Å². The van der Waals surface area contributed by atoms with Crippen LogP contribution in [0.3, 0.4) is 0 Å². The van der Waals surface area contributed by atoms with Gasteiger partial charge in [0.2, 0.25) is 0 Å². The molecule has 0 spiro atoms. The van der Waals surface area contributed by atoms with Gasteiger partial charge in [-0.25, -0.2) is 4.98 Å². The molecule has 1 saturated heterocycles. The first-order chi connectivity index (χ1) is 14.6. The molecule has 1 aliphatic heterocycles. The Morgan fingerprint density at radius 3 is 2.33 bits per heavy atom. The van der Waals surface area contributed by atoms with Gasteiger partial charge >= 0.3 is 0 Å². The van der Waals surface area contributed by atoms with E-state index in [-0.39, 0.29) is 5.91 Å². The van der Waals surface area contributed by atoms with Crippen LogP contribution in [0.4, 0.5) is 0 Å². The van der Waals surface area contributed by atoms with Crippen molar-refractivity contribution in [3.8, 4) is 22.5 Å². The van der Waals surface area contributed by atoms with Crippen LogP contribution < -0.4 is 0 Å². The van der Waals surface area contributed by atoms with Crippen molar-refractivity contribution in [2.45, 2.75) is 0 Å². The van der Waals surface area contributed by atoms with Crippen molar-refractivity contribution in [3.05, 3.63) is 70.7 Å². The van der Waals surface area contributed by atoms with Gasteiger partial charge in [0.1, 0.15) is 0 Å². The summed E-state index contributed by atoms with van der Waals surface area (Å²) in [6.07, 6.45) is 2.05. The van der Waals surface area contributed by atoms with Gasteiger partial charge in [-0.2, -0.15) is 0 Å². The Morgan fingerprint density at radius 1 is 0.967 bits per heavy atom. The summed E-state index contributed by atoms with van der Waals surface area (Å²) in [4.78, 5) is 22.6. The van der Waals surface area contributed by atoms with Crippen molar-refractivity contribution >= 4 is 33.8 Å². The minimum absolute atomic E-state index is 0.102. The zero-order chi connectivity index (χ0) is 20.7. The molecule has 0 atom stereocenters. The molecule has 1 aliphatic rings. The fourth-order valence-electron chi connectivity index (χ4n) is 3.73. The van der Waals surface area contributed by atoms with E-state index in [1.165, 1.54) is 0 Å². The molecule has 5 nitrogen and oxygen atoms in total. The number of aromatic nitrogens is 2. The predicted molar refractivity (Wildman–Crippen MR) is 122 cm³/mol. The number of likely N-dealkylation sites (N-methyl/N-ethyl adjacent to an activating group) is 1. The van der Waals surface area contributed by atoms with E-state index in [4.69, 9.17) is 16.6 Å². The Hall–Kier alpha value is -2.67. The van der Waals surface area contributed by atoms with Crippen LogP contribution in [0, 0.1) is 0 Å². The maximum atomic E-state index is 12.8. The van der Waals surface area contributed by atoms with E-state index in [2.05, 4.69) is 21.7 Å². The zero-order valence-electron chi connectivity index (χ0n) is 16.6. The molecule has 0 saturated carbocycles. The van der Waals surface area contributed by atoms with Gasteiger partial charge in [-0.15, -0.1) is 11.3 Å². The molecular formula is C23H21ClN4OS. The van der Waals surface area contributed by atoms with Gasteiger partial charge in [-0.3, -0.25) is 9.20 Å². The molecule has 2 aromatic carbocycles. The SMILES string of the molecule is CN1CCN(C(=O)c2ccc(-c3cn4c(-c5ccc(Cl)cc5)csc4n3)cc2)CC1. The van der Waals surface area contributed by atoms with E-state index < -0.39 is 0 Å². The van der Waals surface area contributed by atoms with Gasteiger partial charge in [-0.05, 0) is 36.9 Å². The van der Waals surface area contributed by atoms with Crippen LogP contribution >= 0.6 is 22.9 Å². The number of halogens is 1. The average Bonchev–Trinajstić information content (AvgIpc) is 3.36. The molecule has 152 valence electrons. The third kappa shape index (κ3) is 3.62. The number of benzene rings is 2. The number of hydrogen-bond acceptors (Lipinski definition) is 4. The lowest BCUT2D eigenvalue weighted by Gasteiger charge is -2.32. The fraction of sp³-hybridized carbons (Fsp3) is 0.217. The second kappa shape index (κ2) is 7.87. The maximum absolute atomic E-state index is 12.8. The summed E-state index contributed by atoms with van der Waals surface area (Å²) in [6.45, 7) is 3.40. The molecule has 0 aliphatic carbocycles. The summed E-state index contributed by atoms with van der Waals surface area (Å²) in [5.74, 6) is 0.102. The lowest BCUT2D eigenvalue weighted by atomic mass is 10.1. The molecule has 1 amide bonds. The van der Waals surface area contributed by atoms with E-state index in [0.29, 0.717) is 0 Å². The Morgan fingerprint density at radius 2 is 1.63 bits per heavy atom. The highest BCUT2D eigenvalue weighted by Gasteiger charge is 2.20. The van der Waals surface area contributed by atoms with Crippen LogP contribution in [0.15, 0.2) is 60.1 Å². The number of amides is 1. The minimum atomic E-state index is 0.102. The van der Waals surface area contributed by atoms with Crippen molar-refractivity contribution < 1.29 is 4.79 Å². The number of rotatable bonds is 3. The average molecular weight is 437 g/mol. The first-order valence-electron chi connectivity index (χ1n) is 9.89. The van der Waals surface area contributed by atoms with Gasteiger partial charge in [0.05, 0.1) is 11.4 Å². The second-order valence-electron chi connectivity index (χ2n) is 7.58. The molecule has 0 unspecified atom stereocenters. The summed E-state index contributed by atoms with van der Waals surface area (Å²) < 4.78 is 2.10. The van der Waals surface area contributed by atoms with Crippen LogP contribution in [0.5, 0.6) is 0 Å². The molecule has 0 bridgehead atoms. The Labute approximate surface area is 184 Å². The molecule has 30 heavy (non-hydrogen) atoms. The summed E-state index contributed by atoms with van der Waals surface area (Å²) >= 11 is 7.63. The monoisotopic (exact) mass is 436 g/mol. The van der Waals surface area contributed by atoms with Gasteiger partial charge in [0.25, 0.3) is 5.91 Å². The molecular weight excluding hydrogens is 416 g/mol. The van der Waals surface area contributed by atoms with Crippen LogP contribution in [0.2, 0.25) is 5.02 Å². The van der Waals surface area contributed by atoms with Gasteiger partial charge in [0, 0.05) is 53.9 Å². The van der Waals surface area contributed by atoms with Crippen molar-refractivity contribution in [1.29, 1.82) is 0 Å². The van der Waals surface area contributed by atoms with Crippen molar-refractivity contribution in [2.24, 2.45) is 0 Å². The van der Waals surface area contributed by atoms with Gasteiger partial charge < -0.3 is 9.80 Å². The number of nitrogens with zero attached hydrogens (tertiary/aromatic N) is 4. The summed E-state index contributed by atoms with van der Waals surface area (Å²) in [7, 11) is 2.09. The van der Waals surface area contributed by atoms with Crippen LogP contribution in [0.1, 0.15) is 10.4 Å². The molecule has 7 heteroatoms. The smallest absolute Gasteiger partial charge is 0.253 e. The number of thiazole rings is 1. The third-order valence-corrected chi connectivity index (χ3v) is 6.66. The Kier molecular flexibility index (Phi) is 5.06. The number of piperazine rings is 1. The van der Waals surface area contributed by atoms with Crippen LogP contribution in [-0.2, 0) is 0 Å². The predicted octanol–water partition coefficient (Wildman–Crippen LogP) is 4.77. The van der Waals surface area contributed by atoms with E-state index >= 15 is 0 Å². The third-order valence-electron chi connectivity index (χ3n) is 5.57. The Bertz CT molecular complexity index is 1190.